The van der Waals surface area contributed by atoms with Crippen LogP contribution in [0.3, 0.4) is 0 Å². The molecule has 0 bridgehead atoms. The van der Waals surface area contributed by atoms with Crippen LogP contribution in [0.25, 0.3) is 0 Å². The van der Waals surface area contributed by atoms with E-state index in [0.717, 1.165) is 17.1 Å². The van der Waals surface area contributed by atoms with E-state index in [1.165, 1.54) is 23.9 Å². The fourth-order valence-corrected chi connectivity index (χ4v) is 3.77. The van der Waals surface area contributed by atoms with Gasteiger partial charge in [-0.2, -0.15) is 5.10 Å². The van der Waals surface area contributed by atoms with Gasteiger partial charge >= 0.3 is 0 Å². The zero-order valence-corrected chi connectivity index (χ0v) is 19.6. The molecule has 0 aliphatic rings. The van der Waals surface area contributed by atoms with Crippen LogP contribution in [0.5, 0.6) is 0 Å². The molecule has 1 aromatic heterocycles. The molecule has 0 spiro atoms. The molecule has 2 aromatic carbocycles. The third kappa shape index (κ3) is 6.16. The van der Waals surface area contributed by atoms with Gasteiger partial charge in [-0.05, 0) is 50.1 Å². The monoisotopic (exact) mass is 467 g/mol. The maximum Gasteiger partial charge on any atom is 0.269 e. The van der Waals surface area contributed by atoms with Gasteiger partial charge in [0.1, 0.15) is 0 Å². The number of anilines is 1. The number of carbonyl (C=O) groups excluding carboxylic acids is 1. The molecule has 3 aromatic rings. The van der Waals surface area contributed by atoms with Crippen LogP contribution >= 0.6 is 11.8 Å². The van der Waals surface area contributed by atoms with E-state index in [1.54, 1.807) is 19.1 Å². The van der Waals surface area contributed by atoms with E-state index in [-0.39, 0.29) is 23.4 Å². The lowest BCUT2D eigenvalue weighted by atomic mass is 10.1. The second kappa shape index (κ2) is 10.7. The average molecular weight is 468 g/mol. The molecule has 0 saturated carbocycles. The summed E-state index contributed by atoms with van der Waals surface area (Å²) < 4.78 is 1.86. The second-order valence-electron chi connectivity index (χ2n) is 7.41. The van der Waals surface area contributed by atoms with Crippen LogP contribution in [0.15, 0.2) is 58.8 Å². The first kappa shape index (κ1) is 23.9. The first-order valence-electron chi connectivity index (χ1n) is 10.2. The normalized spacial score (nSPS) is 12.3. The summed E-state index contributed by atoms with van der Waals surface area (Å²) in [5.41, 5.74) is 5.90. The lowest BCUT2D eigenvalue weighted by Gasteiger charge is -2.16. The standard InChI is InChI=1S/C22H25N7O3S/c1-14-7-5-6-8-19(14)23-16(3)21-26-27-22(28(21)4)33-13-20(30)25-24-15(2)17-9-11-18(12-10-17)29(31)32/h5-12,16,23H,13H2,1-4H3,(H,25,30)/b24-15+. The number of carbonyl (C=O) groups is 1. The van der Waals surface area contributed by atoms with Crippen LogP contribution in [0.4, 0.5) is 11.4 Å². The number of thioether (sulfide) groups is 1. The van der Waals surface area contributed by atoms with Crippen LogP contribution in [-0.2, 0) is 11.8 Å². The maximum absolute atomic E-state index is 12.2. The molecule has 1 atom stereocenters. The molecule has 1 unspecified atom stereocenters. The molecule has 3 rings (SSSR count). The predicted molar refractivity (Wildman–Crippen MR) is 128 cm³/mol. The molecule has 11 heteroatoms. The van der Waals surface area contributed by atoms with Crippen molar-refractivity contribution in [2.75, 3.05) is 11.1 Å². The summed E-state index contributed by atoms with van der Waals surface area (Å²) >= 11 is 1.26. The third-order valence-corrected chi connectivity index (χ3v) is 5.97. The fraction of sp³-hybridized carbons (Fsp3) is 0.273. The Kier molecular flexibility index (Phi) is 7.78. The van der Waals surface area contributed by atoms with E-state index >= 15 is 0 Å². The maximum atomic E-state index is 12.2. The molecule has 172 valence electrons. The Morgan fingerprint density at radius 2 is 1.91 bits per heavy atom. The van der Waals surface area contributed by atoms with Crippen molar-refractivity contribution < 1.29 is 9.72 Å². The zero-order valence-electron chi connectivity index (χ0n) is 18.8. The number of hydrazone groups is 1. The molecule has 0 aliphatic heterocycles. The molecular formula is C22H25N7O3S. The molecule has 0 saturated heterocycles. The van der Waals surface area contributed by atoms with Crippen LogP contribution in [-0.4, -0.2) is 37.1 Å². The lowest BCUT2D eigenvalue weighted by molar-refractivity contribution is -0.384. The summed E-state index contributed by atoms with van der Waals surface area (Å²) in [7, 11) is 1.86. The average Bonchev–Trinajstić information content (AvgIpc) is 3.18. The molecule has 1 heterocycles. The highest BCUT2D eigenvalue weighted by molar-refractivity contribution is 7.99. The van der Waals surface area contributed by atoms with E-state index < -0.39 is 4.92 Å². The number of benzene rings is 2. The van der Waals surface area contributed by atoms with Gasteiger partial charge in [-0.15, -0.1) is 10.2 Å². The van der Waals surface area contributed by atoms with Crippen LogP contribution < -0.4 is 10.7 Å². The quantitative estimate of drug-likeness (QED) is 0.212. The van der Waals surface area contributed by atoms with Crippen LogP contribution in [0, 0.1) is 17.0 Å². The number of nitro groups is 1. The molecule has 0 fully saturated rings. The Morgan fingerprint density at radius 1 is 1.21 bits per heavy atom. The zero-order chi connectivity index (χ0) is 24.0. The number of nitrogens with zero attached hydrogens (tertiary/aromatic N) is 5. The molecule has 10 nitrogen and oxygen atoms in total. The van der Waals surface area contributed by atoms with Crippen molar-refractivity contribution in [1.82, 2.24) is 20.2 Å². The second-order valence-corrected chi connectivity index (χ2v) is 8.35. The number of nitro benzene ring substituents is 1. The summed E-state index contributed by atoms with van der Waals surface area (Å²) in [5.74, 6) is 0.577. The van der Waals surface area contributed by atoms with Gasteiger partial charge in [-0.3, -0.25) is 14.9 Å². The highest BCUT2D eigenvalue weighted by Crippen LogP contribution is 2.23. The van der Waals surface area contributed by atoms with Gasteiger partial charge < -0.3 is 9.88 Å². The number of para-hydroxylation sites is 1. The third-order valence-electron chi connectivity index (χ3n) is 4.95. The first-order valence-corrected chi connectivity index (χ1v) is 11.2. The minimum atomic E-state index is -0.466. The Labute approximate surface area is 195 Å². The number of amides is 1. The molecular weight excluding hydrogens is 442 g/mol. The minimum Gasteiger partial charge on any atom is -0.375 e. The highest BCUT2D eigenvalue weighted by atomic mass is 32.2. The van der Waals surface area contributed by atoms with Crippen molar-refractivity contribution in [1.29, 1.82) is 0 Å². The lowest BCUT2D eigenvalue weighted by Crippen LogP contribution is -2.21. The number of nitrogens with one attached hydrogen (secondary N) is 2. The van der Waals surface area contributed by atoms with Gasteiger partial charge in [0, 0.05) is 24.9 Å². The summed E-state index contributed by atoms with van der Waals surface area (Å²) in [5, 5.41) is 27.4. The molecule has 33 heavy (non-hydrogen) atoms. The minimum absolute atomic E-state index is 0.00143. The number of non-ortho nitro benzene ring substituents is 1. The van der Waals surface area contributed by atoms with Gasteiger partial charge in [0.25, 0.3) is 11.6 Å². The Hall–Kier alpha value is -3.73. The van der Waals surface area contributed by atoms with Crippen molar-refractivity contribution in [3.63, 3.8) is 0 Å². The Morgan fingerprint density at radius 3 is 2.58 bits per heavy atom. The van der Waals surface area contributed by atoms with E-state index in [0.29, 0.717) is 16.4 Å². The Bertz CT molecular complexity index is 1170. The van der Waals surface area contributed by atoms with Gasteiger partial charge in [-0.25, -0.2) is 5.43 Å². The largest absolute Gasteiger partial charge is 0.375 e. The SMILES string of the molecule is C/C(=N\NC(=O)CSc1nnc(C(C)Nc2ccccc2C)n1C)c1ccc([N+](=O)[O-])cc1. The van der Waals surface area contributed by atoms with Crippen molar-refractivity contribution in [2.45, 2.75) is 32.0 Å². The van der Waals surface area contributed by atoms with Crippen molar-refractivity contribution in [3.8, 4) is 0 Å². The Balaban J connectivity index is 1.55. The molecule has 1 amide bonds. The van der Waals surface area contributed by atoms with E-state index in [4.69, 9.17) is 0 Å². The van der Waals surface area contributed by atoms with Crippen molar-refractivity contribution in [2.24, 2.45) is 12.1 Å². The van der Waals surface area contributed by atoms with Gasteiger partial charge in [0.15, 0.2) is 11.0 Å². The van der Waals surface area contributed by atoms with Crippen molar-refractivity contribution >= 4 is 34.8 Å². The van der Waals surface area contributed by atoms with Gasteiger partial charge in [0.2, 0.25) is 0 Å². The first-order chi connectivity index (χ1) is 15.8. The number of rotatable bonds is 9. The molecule has 2 N–H and O–H groups in total. The van der Waals surface area contributed by atoms with E-state index in [2.05, 4.69) is 26.0 Å². The number of aryl methyl sites for hydroxylation is 1. The van der Waals surface area contributed by atoms with Gasteiger partial charge in [-0.1, -0.05) is 30.0 Å². The predicted octanol–water partition coefficient (Wildman–Crippen LogP) is 3.84. The smallest absolute Gasteiger partial charge is 0.269 e. The van der Waals surface area contributed by atoms with Crippen molar-refractivity contribution in [3.05, 3.63) is 75.6 Å². The highest BCUT2D eigenvalue weighted by Gasteiger charge is 2.17. The summed E-state index contributed by atoms with van der Waals surface area (Å²) in [6.07, 6.45) is 0. The van der Waals surface area contributed by atoms with Crippen LogP contribution in [0.1, 0.15) is 36.8 Å². The van der Waals surface area contributed by atoms with E-state index in [9.17, 15) is 14.9 Å². The number of hydrogen-bond acceptors (Lipinski definition) is 8. The summed E-state index contributed by atoms with van der Waals surface area (Å²) in [6, 6.07) is 13.9. The number of hydrogen-bond donors (Lipinski definition) is 2. The molecule has 0 aliphatic carbocycles. The van der Waals surface area contributed by atoms with E-state index in [1.807, 2.05) is 49.7 Å². The fourth-order valence-electron chi connectivity index (χ4n) is 3.06. The van der Waals surface area contributed by atoms with Gasteiger partial charge in [0.05, 0.1) is 22.4 Å². The number of aromatic nitrogens is 3. The summed E-state index contributed by atoms with van der Waals surface area (Å²) in [4.78, 5) is 22.5. The summed E-state index contributed by atoms with van der Waals surface area (Å²) in [6.45, 7) is 5.76. The van der Waals surface area contributed by atoms with Crippen LogP contribution in [0.2, 0.25) is 0 Å². The molecule has 0 radical (unpaired) electrons. The topological polar surface area (TPSA) is 127 Å².